The van der Waals surface area contributed by atoms with Crippen LogP contribution in [0.25, 0.3) is 6.08 Å². The Morgan fingerprint density at radius 3 is 2.46 bits per heavy atom. The monoisotopic (exact) mass is 394 g/mol. The van der Waals surface area contributed by atoms with Crippen molar-refractivity contribution in [1.82, 2.24) is 4.90 Å². The molecule has 2 aromatic rings. The van der Waals surface area contributed by atoms with Crippen LogP contribution < -0.4 is 4.31 Å². The van der Waals surface area contributed by atoms with Crippen LogP contribution in [-0.4, -0.2) is 26.9 Å². The molecule has 1 aliphatic heterocycles. The molecule has 1 aliphatic rings. The molecule has 0 aliphatic carbocycles. The standard InChI is InChI=1S/C23H26N2O2S/c1-5-8-23-20-9-7-10-22(21(20)15-17-25(23)16-6-2)24(4)28(26,27)19-13-11-18(3)12-14-19/h5-7,9-15,17,23H,1-2,8,16H2,3-4H3. The zero-order valence-corrected chi connectivity index (χ0v) is 17.2. The molecule has 4 nitrogen and oxygen atoms in total. The average molecular weight is 395 g/mol. The molecular weight excluding hydrogens is 368 g/mol. The Balaban J connectivity index is 2.06. The summed E-state index contributed by atoms with van der Waals surface area (Å²) in [6.45, 7) is 10.4. The Hall–Kier alpha value is -2.79. The van der Waals surface area contributed by atoms with E-state index in [1.807, 2.05) is 55.6 Å². The van der Waals surface area contributed by atoms with E-state index in [-0.39, 0.29) is 10.9 Å². The van der Waals surface area contributed by atoms with Gasteiger partial charge in [-0.05, 0) is 43.2 Å². The molecule has 5 heteroatoms. The molecule has 0 radical (unpaired) electrons. The second-order valence-corrected chi connectivity index (χ2v) is 8.88. The molecule has 1 unspecified atom stereocenters. The molecule has 0 saturated carbocycles. The van der Waals surface area contributed by atoms with Crippen molar-refractivity contribution < 1.29 is 8.42 Å². The molecule has 0 saturated heterocycles. The Morgan fingerprint density at radius 2 is 1.82 bits per heavy atom. The van der Waals surface area contributed by atoms with Gasteiger partial charge in [-0.2, -0.15) is 0 Å². The summed E-state index contributed by atoms with van der Waals surface area (Å²) in [6.07, 6.45) is 8.51. The van der Waals surface area contributed by atoms with Gasteiger partial charge in [-0.3, -0.25) is 4.31 Å². The van der Waals surface area contributed by atoms with E-state index < -0.39 is 10.0 Å². The zero-order chi connectivity index (χ0) is 20.3. The second kappa shape index (κ2) is 8.07. The normalized spacial score (nSPS) is 15.8. The van der Waals surface area contributed by atoms with E-state index in [1.54, 1.807) is 19.2 Å². The molecular formula is C23H26N2O2S. The topological polar surface area (TPSA) is 40.6 Å². The SMILES string of the molecule is C=CCC1c2cccc(N(C)S(=O)(=O)c3ccc(C)cc3)c2C=CN1CC=C. The van der Waals surface area contributed by atoms with Gasteiger partial charge in [0.25, 0.3) is 10.0 Å². The van der Waals surface area contributed by atoms with Gasteiger partial charge >= 0.3 is 0 Å². The summed E-state index contributed by atoms with van der Waals surface area (Å²) in [5.41, 5.74) is 3.71. The lowest BCUT2D eigenvalue weighted by molar-refractivity contribution is 0.306. The van der Waals surface area contributed by atoms with Crippen LogP contribution in [0.1, 0.15) is 29.2 Å². The van der Waals surface area contributed by atoms with Gasteiger partial charge in [0.1, 0.15) is 0 Å². The van der Waals surface area contributed by atoms with Crippen LogP contribution in [0.15, 0.2) is 78.9 Å². The van der Waals surface area contributed by atoms with Crippen molar-refractivity contribution in [3.8, 4) is 0 Å². The fraction of sp³-hybridized carbons (Fsp3) is 0.217. The van der Waals surface area contributed by atoms with E-state index in [2.05, 4.69) is 24.1 Å². The van der Waals surface area contributed by atoms with Gasteiger partial charge in [0.05, 0.1) is 16.6 Å². The molecule has 1 atom stereocenters. The summed E-state index contributed by atoms with van der Waals surface area (Å²) in [6, 6.07) is 12.9. The highest BCUT2D eigenvalue weighted by Gasteiger charge is 2.28. The third kappa shape index (κ3) is 3.62. The minimum Gasteiger partial charge on any atom is -0.366 e. The van der Waals surface area contributed by atoms with Crippen LogP contribution in [0.4, 0.5) is 5.69 Å². The van der Waals surface area contributed by atoms with Crippen LogP contribution in [0, 0.1) is 6.92 Å². The maximum atomic E-state index is 13.2. The smallest absolute Gasteiger partial charge is 0.264 e. The highest BCUT2D eigenvalue weighted by atomic mass is 32.2. The predicted molar refractivity (Wildman–Crippen MR) is 117 cm³/mol. The molecule has 0 fully saturated rings. The van der Waals surface area contributed by atoms with E-state index in [1.165, 1.54) is 4.31 Å². The van der Waals surface area contributed by atoms with Crippen LogP contribution in [-0.2, 0) is 10.0 Å². The van der Waals surface area contributed by atoms with Crippen molar-refractivity contribution in [3.05, 3.63) is 90.7 Å². The first kappa shape index (κ1) is 20.0. The fourth-order valence-electron chi connectivity index (χ4n) is 3.53. The van der Waals surface area contributed by atoms with Crippen LogP contribution in [0.5, 0.6) is 0 Å². The Morgan fingerprint density at radius 1 is 1.11 bits per heavy atom. The highest BCUT2D eigenvalue weighted by Crippen LogP contribution is 2.38. The molecule has 0 bridgehead atoms. The number of hydrogen-bond donors (Lipinski definition) is 0. The quantitative estimate of drug-likeness (QED) is 0.627. The van der Waals surface area contributed by atoms with Gasteiger partial charge in [-0.1, -0.05) is 42.0 Å². The maximum absolute atomic E-state index is 13.2. The Bertz CT molecular complexity index is 1010. The number of benzene rings is 2. The fourth-order valence-corrected chi connectivity index (χ4v) is 4.74. The minimum absolute atomic E-state index is 0.103. The summed E-state index contributed by atoms with van der Waals surface area (Å²) in [5.74, 6) is 0. The zero-order valence-electron chi connectivity index (χ0n) is 16.4. The first-order valence-electron chi connectivity index (χ1n) is 9.24. The van der Waals surface area contributed by atoms with Crippen molar-refractivity contribution in [2.75, 3.05) is 17.9 Å². The Kier molecular flexibility index (Phi) is 5.75. The summed E-state index contributed by atoms with van der Waals surface area (Å²) < 4.78 is 27.7. The lowest BCUT2D eigenvalue weighted by Gasteiger charge is -2.35. The number of sulfonamides is 1. The molecule has 146 valence electrons. The lowest BCUT2D eigenvalue weighted by Crippen LogP contribution is -2.30. The number of fused-ring (bicyclic) bond motifs is 1. The van der Waals surface area contributed by atoms with Crippen molar-refractivity contribution in [3.63, 3.8) is 0 Å². The molecule has 1 heterocycles. The molecule has 3 rings (SSSR count). The Labute approximate surface area is 168 Å². The molecule has 0 aromatic heterocycles. The summed E-state index contributed by atoms with van der Waals surface area (Å²) in [4.78, 5) is 2.48. The predicted octanol–water partition coefficient (Wildman–Crippen LogP) is 4.91. The minimum atomic E-state index is -3.65. The molecule has 0 amide bonds. The molecule has 0 N–H and O–H groups in total. The van der Waals surface area contributed by atoms with Crippen LogP contribution in [0.2, 0.25) is 0 Å². The van der Waals surface area contributed by atoms with Gasteiger partial charge in [0.15, 0.2) is 0 Å². The number of nitrogens with zero attached hydrogens (tertiary/aromatic N) is 2. The van der Waals surface area contributed by atoms with Gasteiger partial charge in [0, 0.05) is 25.4 Å². The van der Waals surface area contributed by atoms with E-state index in [0.29, 0.717) is 5.69 Å². The van der Waals surface area contributed by atoms with Gasteiger partial charge in [-0.15, -0.1) is 13.2 Å². The van der Waals surface area contributed by atoms with E-state index in [0.717, 1.165) is 29.7 Å². The molecule has 28 heavy (non-hydrogen) atoms. The highest BCUT2D eigenvalue weighted by molar-refractivity contribution is 7.92. The number of anilines is 1. The number of aryl methyl sites for hydroxylation is 1. The number of rotatable bonds is 7. The second-order valence-electron chi connectivity index (χ2n) is 6.91. The van der Waals surface area contributed by atoms with Gasteiger partial charge in [-0.25, -0.2) is 8.42 Å². The van der Waals surface area contributed by atoms with E-state index >= 15 is 0 Å². The molecule has 2 aromatic carbocycles. The third-order valence-corrected chi connectivity index (χ3v) is 6.84. The van der Waals surface area contributed by atoms with Crippen molar-refractivity contribution >= 4 is 21.8 Å². The third-order valence-electron chi connectivity index (χ3n) is 5.06. The first-order valence-corrected chi connectivity index (χ1v) is 10.7. The molecule has 0 spiro atoms. The van der Waals surface area contributed by atoms with E-state index in [9.17, 15) is 8.42 Å². The largest absolute Gasteiger partial charge is 0.366 e. The lowest BCUT2D eigenvalue weighted by atomic mass is 9.92. The van der Waals surface area contributed by atoms with Crippen LogP contribution in [0.3, 0.4) is 0 Å². The number of hydrogen-bond acceptors (Lipinski definition) is 3. The van der Waals surface area contributed by atoms with Crippen molar-refractivity contribution in [1.29, 1.82) is 0 Å². The van der Waals surface area contributed by atoms with Gasteiger partial charge in [0.2, 0.25) is 0 Å². The average Bonchev–Trinajstić information content (AvgIpc) is 2.69. The maximum Gasteiger partial charge on any atom is 0.264 e. The van der Waals surface area contributed by atoms with Gasteiger partial charge < -0.3 is 4.90 Å². The van der Waals surface area contributed by atoms with Crippen LogP contribution >= 0.6 is 0 Å². The van der Waals surface area contributed by atoms with Crippen molar-refractivity contribution in [2.24, 2.45) is 0 Å². The summed E-state index contributed by atoms with van der Waals surface area (Å²) in [5, 5.41) is 0. The first-order chi connectivity index (χ1) is 13.4. The summed E-state index contributed by atoms with van der Waals surface area (Å²) >= 11 is 0. The van der Waals surface area contributed by atoms with E-state index in [4.69, 9.17) is 0 Å². The summed E-state index contributed by atoms with van der Waals surface area (Å²) in [7, 11) is -2.04. The van der Waals surface area contributed by atoms with Crippen molar-refractivity contribution in [2.45, 2.75) is 24.3 Å².